The van der Waals surface area contributed by atoms with Crippen molar-refractivity contribution in [3.63, 3.8) is 0 Å². The third-order valence-corrected chi connectivity index (χ3v) is 2.48. The van der Waals surface area contributed by atoms with Crippen molar-refractivity contribution in [2.45, 2.75) is 6.92 Å². The maximum absolute atomic E-state index is 12.9. The molecular weight excluding hydrogens is 211 g/mol. The molecule has 0 aliphatic carbocycles. The largest absolute Gasteiger partial charge is 0.207 e. The molecule has 0 spiro atoms. The van der Waals surface area contributed by atoms with Gasteiger partial charge in [0, 0.05) is 5.57 Å². The van der Waals surface area contributed by atoms with Crippen LogP contribution < -0.4 is 0 Å². The summed E-state index contributed by atoms with van der Waals surface area (Å²) in [6, 6.07) is 16.5. The first-order valence-electron chi connectivity index (χ1n) is 5.54. The minimum absolute atomic E-state index is 0.221. The molecule has 0 radical (unpaired) electrons. The number of hydrogen-bond donors (Lipinski definition) is 0. The average molecular weight is 224 g/mol. The summed E-state index contributed by atoms with van der Waals surface area (Å²) in [5, 5.41) is 0. The lowest BCUT2D eigenvalue weighted by Crippen LogP contribution is -1.86. The van der Waals surface area contributed by atoms with Gasteiger partial charge in [-0.3, -0.25) is 0 Å². The van der Waals surface area contributed by atoms with Crippen LogP contribution in [0, 0.1) is 5.82 Å². The molecule has 0 bridgehead atoms. The van der Waals surface area contributed by atoms with Gasteiger partial charge in [0.2, 0.25) is 0 Å². The quantitative estimate of drug-likeness (QED) is 0.662. The summed E-state index contributed by atoms with van der Waals surface area (Å²) in [5.74, 6) is -0.221. The van der Waals surface area contributed by atoms with Crippen molar-refractivity contribution >= 4 is 5.57 Å². The van der Waals surface area contributed by atoms with Crippen molar-refractivity contribution in [2.75, 3.05) is 0 Å². The Labute approximate surface area is 101 Å². The molecule has 0 amide bonds. The minimum Gasteiger partial charge on any atom is -0.207 e. The lowest BCUT2D eigenvalue weighted by molar-refractivity contribution is 0.627. The van der Waals surface area contributed by atoms with E-state index in [0.29, 0.717) is 0 Å². The molecule has 0 aliphatic rings. The second-order valence-electron chi connectivity index (χ2n) is 3.68. The van der Waals surface area contributed by atoms with Crippen LogP contribution in [0.25, 0.3) is 5.57 Å². The Morgan fingerprint density at radius 3 is 2.12 bits per heavy atom. The summed E-state index contributed by atoms with van der Waals surface area (Å²) in [5.41, 5.74) is 6.23. The molecule has 0 unspecified atom stereocenters. The highest BCUT2D eigenvalue weighted by molar-refractivity contribution is 5.79. The maximum Gasteiger partial charge on any atom is 0.123 e. The number of halogens is 1. The molecule has 0 fully saturated rings. The molecule has 0 atom stereocenters. The van der Waals surface area contributed by atoms with Crippen molar-refractivity contribution in [3.8, 4) is 0 Å². The third kappa shape index (κ3) is 2.72. The fourth-order valence-electron chi connectivity index (χ4n) is 1.70. The van der Waals surface area contributed by atoms with E-state index in [-0.39, 0.29) is 5.82 Å². The van der Waals surface area contributed by atoms with E-state index >= 15 is 0 Å². The van der Waals surface area contributed by atoms with Gasteiger partial charge in [-0.15, -0.1) is 5.73 Å². The average Bonchev–Trinajstić information content (AvgIpc) is 2.38. The molecule has 0 heterocycles. The van der Waals surface area contributed by atoms with Gasteiger partial charge in [-0.05, 0) is 36.3 Å². The van der Waals surface area contributed by atoms with Gasteiger partial charge in [-0.1, -0.05) is 42.5 Å². The van der Waals surface area contributed by atoms with Crippen LogP contribution >= 0.6 is 0 Å². The Kier molecular flexibility index (Phi) is 3.54. The topological polar surface area (TPSA) is 0 Å². The van der Waals surface area contributed by atoms with Gasteiger partial charge < -0.3 is 0 Å². The van der Waals surface area contributed by atoms with Gasteiger partial charge in [0.15, 0.2) is 0 Å². The Balaban J connectivity index is 2.52. The van der Waals surface area contributed by atoms with Crippen molar-refractivity contribution < 1.29 is 4.39 Å². The van der Waals surface area contributed by atoms with E-state index in [1.165, 1.54) is 12.1 Å². The van der Waals surface area contributed by atoms with Gasteiger partial charge in [-0.25, -0.2) is 4.39 Å². The van der Waals surface area contributed by atoms with Crippen LogP contribution in [0.4, 0.5) is 4.39 Å². The Hall–Kier alpha value is -2.11. The minimum atomic E-state index is -0.221. The van der Waals surface area contributed by atoms with Crippen molar-refractivity contribution in [1.29, 1.82) is 0 Å². The second kappa shape index (κ2) is 5.29. The highest BCUT2D eigenvalue weighted by Gasteiger charge is 2.03. The predicted octanol–water partition coefficient (Wildman–Crippen LogP) is 4.43. The SMILES string of the molecule is CC=C=C(c1ccccc1)c1ccc(F)cc1. The van der Waals surface area contributed by atoms with E-state index in [0.717, 1.165) is 16.7 Å². The molecule has 0 saturated carbocycles. The first kappa shape index (κ1) is 11.4. The molecule has 0 nitrogen and oxygen atoms in total. The van der Waals surface area contributed by atoms with Gasteiger partial charge in [0.25, 0.3) is 0 Å². The molecule has 84 valence electrons. The highest BCUT2D eigenvalue weighted by atomic mass is 19.1. The van der Waals surface area contributed by atoms with Gasteiger partial charge in [-0.2, -0.15) is 0 Å². The molecule has 2 rings (SSSR count). The standard InChI is InChI=1S/C16H13F/c1-2-6-16(13-7-4-3-5-8-13)14-9-11-15(17)12-10-14/h2-5,7-12H,1H3. The predicted molar refractivity (Wildman–Crippen MR) is 69.1 cm³/mol. The zero-order valence-electron chi connectivity index (χ0n) is 9.65. The summed E-state index contributed by atoms with van der Waals surface area (Å²) in [6.07, 6.45) is 1.87. The zero-order chi connectivity index (χ0) is 12.1. The molecule has 0 aromatic heterocycles. The van der Waals surface area contributed by atoms with Gasteiger partial charge in [0.05, 0.1) is 0 Å². The normalized spacial score (nSPS) is 9.53. The Morgan fingerprint density at radius 2 is 1.53 bits per heavy atom. The summed E-state index contributed by atoms with van der Waals surface area (Å²) >= 11 is 0. The number of benzene rings is 2. The second-order valence-corrected chi connectivity index (χ2v) is 3.68. The molecule has 2 aromatic carbocycles. The van der Waals surface area contributed by atoms with Crippen LogP contribution in [0.2, 0.25) is 0 Å². The number of rotatable bonds is 2. The van der Waals surface area contributed by atoms with E-state index < -0.39 is 0 Å². The third-order valence-electron chi connectivity index (χ3n) is 2.48. The first-order valence-corrected chi connectivity index (χ1v) is 5.54. The molecule has 17 heavy (non-hydrogen) atoms. The lowest BCUT2D eigenvalue weighted by atomic mass is 9.99. The fourth-order valence-corrected chi connectivity index (χ4v) is 1.70. The summed E-state index contributed by atoms with van der Waals surface area (Å²) < 4.78 is 12.9. The van der Waals surface area contributed by atoms with Gasteiger partial charge in [0.1, 0.15) is 5.82 Å². The summed E-state index contributed by atoms with van der Waals surface area (Å²) in [7, 11) is 0. The van der Waals surface area contributed by atoms with Gasteiger partial charge >= 0.3 is 0 Å². The first-order chi connectivity index (χ1) is 8.31. The van der Waals surface area contributed by atoms with Crippen molar-refractivity contribution in [3.05, 3.63) is 83.3 Å². The molecule has 1 heteroatoms. The molecule has 0 N–H and O–H groups in total. The fraction of sp³-hybridized carbons (Fsp3) is 0.0625. The lowest BCUT2D eigenvalue weighted by Gasteiger charge is -2.05. The van der Waals surface area contributed by atoms with E-state index in [9.17, 15) is 4.39 Å². The van der Waals surface area contributed by atoms with Crippen LogP contribution in [-0.4, -0.2) is 0 Å². The van der Waals surface area contributed by atoms with Crippen molar-refractivity contribution in [1.82, 2.24) is 0 Å². The molecular formula is C16H13F. The van der Waals surface area contributed by atoms with E-state index in [2.05, 4.69) is 5.73 Å². The zero-order valence-corrected chi connectivity index (χ0v) is 9.65. The van der Waals surface area contributed by atoms with E-state index in [1.807, 2.05) is 43.3 Å². The Morgan fingerprint density at radius 1 is 0.941 bits per heavy atom. The molecule has 0 saturated heterocycles. The highest BCUT2D eigenvalue weighted by Crippen LogP contribution is 2.22. The van der Waals surface area contributed by atoms with Crippen LogP contribution in [0.15, 0.2) is 66.4 Å². The Bertz CT molecular complexity index is 544. The number of allylic oxidation sites excluding steroid dienone is 1. The number of hydrogen-bond acceptors (Lipinski definition) is 0. The maximum atomic E-state index is 12.9. The van der Waals surface area contributed by atoms with Crippen LogP contribution in [0.5, 0.6) is 0 Å². The van der Waals surface area contributed by atoms with Crippen molar-refractivity contribution in [2.24, 2.45) is 0 Å². The van der Waals surface area contributed by atoms with E-state index in [1.54, 1.807) is 12.1 Å². The molecule has 2 aromatic rings. The van der Waals surface area contributed by atoms with Crippen LogP contribution in [0.1, 0.15) is 18.1 Å². The summed E-state index contributed by atoms with van der Waals surface area (Å²) in [4.78, 5) is 0. The van der Waals surface area contributed by atoms with Crippen LogP contribution in [-0.2, 0) is 0 Å². The monoisotopic (exact) mass is 224 g/mol. The summed E-state index contributed by atoms with van der Waals surface area (Å²) in [6.45, 7) is 1.92. The van der Waals surface area contributed by atoms with E-state index in [4.69, 9.17) is 0 Å². The molecule has 0 aliphatic heterocycles. The smallest absolute Gasteiger partial charge is 0.123 e. The van der Waals surface area contributed by atoms with Crippen LogP contribution in [0.3, 0.4) is 0 Å².